The number of carbonyl (C=O) groups excluding carboxylic acids is 1. The molecule has 0 bridgehead atoms. The van der Waals surface area contributed by atoms with E-state index in [2.05, 4.69) is 10.3 Å². The minimum absolute atomic E-state index is 0.0590. The van der Waals surface area contributed by atoms with E-state index in [9.17, 15) is 9.90 Å². The molecule has 1 aliphatic heterocycles. The summed E-state index contributed by atoms with van der Waals surface area (Å²) in [7, 11) is 1.77. The van der Waals surface area contributed by atoms with Crippen LogP contribution in [0, 0.1) is 12.8 Å². The van der Waals surface area contributed by atoms with Gasteiger partial charge in [-0.05, 0) is 24.4 Å². The first-order valence-electron chi connectivity index (χ1n) is 8.48. The zero-order valence-corrected chi connectivity index (χ0v) is 15.4. The number of β-amino-alcohol motifs (C(OH)–C–C–N with tert-alkyl or cyclic N) is 1. The number of carbonyl (C=O) groups is 1. The molecule has 0 aromatic carbocycles. The van der Waals surface area contributed by atoms with Gasteiger partial charge in [-0.3, -0.25) is 9.48 Å². The standard InChI is InChI=1S/C18H20N4O3S/c1-11-6-13(25-20-11)7-12-9-22(10-16(12)23)18(24)15-8-14(19-21(15)2)17-4-3-5-26-17/h3-6,8,12,16,23H,7,9-10H2,1-2H3/t12-,16-/m1/s1. The van der Waals surface area contributed by atoms with Crippen molar-refractivity contribution in [3.8, 4) is 10.6 Å². The predicted octanol–water partition coefficient (Wildman–Crippen LogP) is 2.12. The van der Waals surface area contributed by atoms with Crippen molar-refractivity contribution in [1.82, 2.24) is 19.8 Å². The van der Waals surface area contributed by atoms with Gasteiger partial charge in [0.15, 0.2) is 0 Å². The van der Waals surface area contributed by atoms with Crippen molar-refractivity contribution >= 4 is 17.2 Å². The average molecular weight is 372 g/mol. The summed E-state index contributed by atoms with van der Waals surface area (Å²) >= 11 is 1.59. The van der Waals surface area contributed by atoms with E-state index >= 15 is 0 Å². The second kappa shape index (κ2) is 6.69. The Morgan fingerprint density at radius 3 is 2.96 bits per heavy atom. The van der Waals surface area contributed by atoms with Crippen molar-refractivity contribution in [2.75, 3.05) is 13.1 Å². The van der Waals surface area contributed by atoms with Crippen molar-refractivity contribution in [3.05, 3.63) is 46.8 Å². The highest BCUT2D eigenvalue weighted by Gasteiger charge is 2.36. The lowest BCUT2D eigenvalue weighted by atomic mass is 10.0. The molecule has 4 rings (SSSR count). The Labute approximate surface area is 154 Å². The molecule has 0 saturated carbocycles. The third kappa shape index (κ3) is 3.17. The summed E-state index contributed by atoms with van der Waals surface area (Å²) in [5, 5.41) is 20.7. The van der Waals surface area contributed by atoms with Gasteiger partial charge in [0.25, 0.3) is 5.91 Å². The molecule has 2 atom stereocenters. The van der Waals surface area contributed by atoms with Crippen LogP contribution in [-0.4, -0.2) is 50.0 Å². The number of amides is 1. The van der Waals surface area contributed by atoms with E-state index in [1.54, 1.807) is 28.0 Å². The number of hydrogen-bond acceptors (Lipinski definition) is 6. The molecule has 8 heteroatoms. The molecule has 1 N–H and O–H groups in total. The van der Waals surface area contributed by atoms with Crippen LogP contribution >= 0.6 is 11.3 Å². The van der Waals surface area contributed by atoms with Crippen molar-refractivity contribution < 1.29 is 14.4 Å². The van der Waals surface area contributed by atoms with Crippen LogP contribution in [0.3, 0.4) is 0 Å². The van der Waals surface area contributed by atoms with Crippen LogP contribution in [0.1, 0.15) is 21.9 Å². The van der Waals surface area contributed by atoms with Gasteiger partial charge in [0.05, 0.1) is 16.7 Å². The van der Waals surface area contributed by atoms with Gasteiger partial charge in [-0.2, -0.15) is 5.10 Å². The highest BCUT2D eigenvalue weighted by atomic mass is 32.1. The van der Waals surface area contributed by atoms with E-state index in [-0.39, 0.29) is 11.8 Å². The molecule has 26 heavy (non-hydrogen) atoms. The van der Waals surface area contributed by atoms with E-state index in [1.807, 2.05) is 36.6 Å². The number of aliphatic hydroxyl groups is 1. The van der Waals surface area contributed by atoms with Crippen molar-refractivity contribution in [3.63, 3.8) is 0 Å². The molecule has 0 unspecified atom stereocenters. The van der Waals surface area contributed by atoms with Crippen LogP contribution in [0.15, 0.2) is 34.2 Å². The van der Waals surface area contributed by atoms with E-state index in [0.29, 0.717) is 25.2 Å². The van der Waals surface area contributed by atoms with E-state index < -0.39 is 6.10 Å². The number of aliphatic hydroxyl groups excluding tert-OH is 1. The summed E-state index contributed by atoms with van der Waals surface area (Å²) in [6.07, 6.45) is -0.00759. The number of aromatic nitrogens is 3. The lowest BCUT2D eigenvalue weighted by molar-refractivity contribution is 0.0754. The SMILES string of the molecule is Cc1cc(C[C@@H]2CN(C(=O)c3cc(-c4cccs4)nn3C)C[C@H]2O)on1. The van der Waals surface area contributed by atoms with Crippen molar-refractivity contribution in [2.24, 2.45) is 13.0 Å². The first-order valence-corrected chi connectivity index (χ1v) is 9.36. The monoisotopic (exact) mass is 372 g/mol. The maximum atomic E-state index is 12.9. The molecule has 1 aliphatic rings. The molecule has 7 nitrogen and oxygen atoms in total. The number of likely N-dealkylation sites (tertiary alicyclic amines) is 1. The third-order valence-corrected chi connectivity index (χ3v) is 5.60. The summed E-state index contributed by atoms with van der Waals surface area (Å²) < 4.78 is 6.85. The van der Waals surface area contributed by atoms with Crippen LogP contribution in [0.4, 0.5) is 0 Å². The fourth-order valence-electron chi connectivity index (χ4n) is 3.37. The zero-order valence-electron chi connectivity index (χ0n) is 14.6. The lowest BCUT2D eigenvalue weighted by Crippen LogP contribution is -2.31. The van der Waals surface area contributed by atoms with E-state index in [1.165, 1.54) is 0 Å². The Bertz CT molecular complexity index is 915. The molecule has 1 fully saturated rings. The molecular formula is C18H20N4O3S. The Hall–Kier alpha value is -2.45. The predicted molar refractivity (Wildman–Crippen MR) is 96.9 cm³/mol. The van der Waals surface area contributed by atoms with Gasteiger partial charge >= 0.3 is 0 Å². The van der Waals surface area contributed by atoms with Crippen LogP contribution in [0.25, 0.3) is 10.6 Å². The molecule has 136 valence electrons. The maximum absolute atomic E-state index is 12.9. The summed E-state index contributed by atoms with van der Waals surface area (Å²) in [4.78, 5) is 15.6. The molecule has 0 spiro atoms. The molecule has 3 aromatic heterocycles. The van der Waals surface area contributed by atoms with Crippen molar-refractivity contribution in [1.29, 1.82) is 0 Å². The van der Waals surface area contributed by atoms with Crippen LogP contribution in [0.2, 0.25) is 0 Å². The maximum Gasteiger partial charge on any atom is 0.272 e. The van der Waals surface area contributed by atoms with Gasteiger partial charge < -0.3 is 14.5 Å². The summed E-state index contributed by atoms with van der Waals surface area (Å²) in [6, 6.07) is 7.62. The van der Waals surface area contributed by atoms with Gasteiger partial charge in [-0.1, -0.05) is 11.2 Å². The van der Waals surface area contributed by atoms with Crippen LogP contribution in [0.5, 0.6) is 0 Å². The molecule has 3 aromatic rings. The topological polar surface area (TPSA) is 84.4 Å². The summed E-state index contributed by atoms with van der Waals surface area (Å²) in [6.45, 7) is 2.66. The van der Waals surface area contributed by atoms with Gasteiger partial charge in [-0.25, -0.2) is 0 Å². The second-order valence-electron chi connectivity index (χ2n) is 6.69. The van der Waals surface area contributed by atoms with Gasteiger partial charge in [0.1, 0.15) is 17.1 Å². The van der Waals surface area contributed by atoms with Crippen molar-refractivity contribution in [2.45, 2.75) is 19.4 Å². The Balaban J connectivity index is 1.49. The van der Waals surface area contributed by atoms with Crippen LogP contribution in [-0.2, 0) is 13.5 Å². The van der Waals surface area contributed by atoms with Gasteiger partial charge in [0, 0.05) is 38.5 Å². The fourth-order valence-corrected chi connectivity index (χ4v) is 4.05. The highest BCUT2D eigenvalue weighted by molar-refractivity contribution is 7.13. The zero-order chi connectivity index (χ0) is 18.3. The third-order valence-electron chi connectivity index (χ3n) is 4.71. The Morgan fingerprint density at radius 1 is 1.42 bits per heavy atom. The average Bonchev–Trinajstić information content (AvgIpc) is 3.36. The number of rotatable bonds is 4. The van der Waals surface area contributed by atoms with Gasteiger partial charge in [-0.15, -0.1) is 11.3 Å². The first kappa shape index (κ1) is 17.0. The molecule has 4 heterocycles. The molecule has 0 radical (unpaired) electrons. The lowest BCUT2D eigenvalue weighted by Gasteiger charge is -2.15. The number of hydrogen-bond donors (Lipinski definition) is 1. The smallest absolute Gasteiger partial charge is 0.272 e. The minimum Gasteiger partial charge on any atom is -0.391 e. The quantitative estimate of drug-likeness (QED) is 0.758. The van der Waals surface area contributed by atoms with E-state index in [0.717, 1.165) is 22.0 Å². The minimum atomic E-state index is -0.575. The summed E-state index contributed by atoms with van der Waals surface area (Å²) in [5.41, 5.74) is 2.13. The Morgan fingerprint density at radius 2 is 2.27 bits per heavy atom. The Kier molecular flexibility index (Phi) is 4.37. The summed E-state index contributed by atoms with van der Waals surface area (Å²) in [5.74, 6) is 0.566. The van der Waals surface area contributed by atoms with Gasteiger partial charge in [0.2, 0.25) is 0 Å². The normalized spacial score (nSPS) is 20.0. The molecule has 1 amide bonds. The van der Waals surface area contributed by atoms with E-state index in [4.69, 9.17) is 4.52 Å². The number of thiophene rings is 1. The fraction of sp³-hybridized carbons (Fsp3) is 0.389. The highest BCUT2D eigenvalue weighted by Crippen LogP contribution is 2.27. The molecular weight excluding hydrogens is 352 g/mol. The number of aryl methyl sites for hydroxylation is 2. The number of nitrogens with zero attached hydrogens (tertiary/aromatic N) is 4. The molecule has 1 saturated heterocycles. The second-order valence-corrected chi connectivity index (χ2v) is 7.64. The molecule has 0 aliphatic carbocycles. The van der Waals surface area contributed by atoms with Crippen LogP contribution < -0.4 is 0 Å². The first-order chi connectivity index (χ1) is 12.5. The largest absolute Gasteiger partial charge is 0.391 e.